The Kier molecular flexibility index (Phi) is 3.04. The average Bonchev–Trinajstić information content (AvgIpc) is 2.68. The molecule has 0 N–H and O–H groups in total. The Morgan fingerprint density at radius 1 is 1.29 bits per heavy atom. The number of para-hydroxylation sites is 1. The van der Waals surface area contributed by atoms with E-state index in [1.807, 2.05) is 0 Å². The Hall–Kier alpha value is -1.59. The van der Waals surface area contributed by atoms with Crippen LogP contribution in [0.25, 0.3) is 11.0 Å². The number of hydrogen-bond donors (Lipinski definition) is 0. The zero-order chi connectivity index (χ0) is 12.5. The molecule has 17 heavy (non-hydrogen) atoms. The van der Waals surface area contributed by atoms with Gasteiger partial charge in [0, 0.05) is 0 Å². The van der Waals surface area contributed by atoms with Crippen LogP contribution in [-0.2, 0) is 0 Å². The van der Waals surface area contributed by atoms with E-state index >= 15 is 0 Å². The molecule has 0 saturated heterocycles. The molecular weight excluding hydrogens is 231 g/mol. The Morgan fingerprint density at radius 3 is 2.65 bits per heavy atom. The van der Waals surface area contributed by atoms with E-state index in [0.717, 1.165) is 4.68 Å². The predicted molar refractivity (Wildman–Crippen MR) is 57.5 cm³/mol. The second kappa shape index (κ2) is 4.35. The minimum absolute atomic E-state index is 0.0108. The molecule has 0 fully saturated rings. The van der Waals surface area contributed by atoms with Crippen molar-refractivity contribution in [1.82, 2.24) is 15.0 Å². The fourth-order valence-electron chi connectivity index (χ4n) is 1.82. The molecular formula is C11H12F3N3. The van der Waals surface area contributed by atoms with E-state index in [-0.39, 0.29) is 6.42 Å². The minimum atomic E-state index is -4.30. The van der Waals surface area contributed by atoms with Gasteiger partial charge in [-0.15, -0.1) is 5.10 Å². The van der Waals surface area contributed by atoms with Crippen LogP contribution in [-0.4, -0.2) is 21.2 Å². The number of benzene rings is 1. The molecule has 0 radical (unpaired) electrons. The van der Waals surface area contributed by atoms with Crippen molar-refractivity contribution in [3.63, 3.8) is 0 Å². The first kappa shape index (κ1) is 11.9. The van der Waals surface area contributed by atoms with Crippen LogP contribution in [0.4, 0.5) is 13.2 Å². The van der Waals surface area contributed by atoms with E-state index in [1.165, 1.54) is 0 Å². The molecule has 0 aliphatic rings. The van der Waals surface area contributed by atoms with Gasteiger partial charge in [0.1, 0.15) is 11.6 Å². The highest BCUT2D eigenvalue weighted by molar-refractivity contribution is 5.74. The summed E-state index contributed by atoms with van der Waals surface area (Å²) in [4.78, 5) is 0. The molecule has 2 rings (SSSR count). The van der Waals surface area contributed by atoms with Crippen molar-refractivity contribution < 1.29 is 13.2 Å². The predicted octanol–water partition coefficient (Wildman–Crippen LogP) is 3.33. The van der Waals surface area contributed by atoms with Gasteiger partial charge in [0.15, 0.2) is 0 Å². The van der Waals surface area contributed by atoms with Crippen molar-refractivity contribution in [1.29, 1.82) is 0 Å². The van der Waals surface area contributed by atoms with Crippen molar-refractivity contribution in [2.75, 3.05) is 0 Å². The molecule has 2 aromatic rings. The van der Waals surface area contributed by atoms with Crippen LogP contribution in [0.5, 0.6) is 0 Å². The Bertz CT molecular complexity index is 504. The van der Waals surface area contributed by atoms with Crippen molar-refractivity contribution in [3.05, 3.63) is 24.3 Å². The van der Waals surface area contributed by atoms with E-state index in [2.05, 4.69) is 10.3 Å². The Balaban J connectivity index is 2.49. The van der Waals surface area contributed by atoms with E-state index in [4.69, 9.17) is 0 Å². The number of fused-ring (bicyclic) bond motifs is 1. The molecule has 3 nitrogen and oxygen atoms in total. The summed E-state index contributed by atoms with van der Waals surface area (Å²) in [5, 5.41) is 7.38. The lowest BCUT2D eigenvalue weighted by atomic mass is 10.1. The van der Waals surface area contributed by atoms with Gasteiger partial charge >= 0.3 is 6.18 Å². The van der Waals surface area contributed by atoms with Gasteiger partial charge < -0.3 is 0 Å². The summed E-state index contributed by atoms with van der Waals surface area (Å²) in [5.41, 5.74) is 0.904. The molecule has 1 atom stereocenters. The highest BCUT2D eigenvalue weighted by Gasteiger charge is 2.41. The third kappa shape index (κ3) is 2.25. The summed E-state index contributed by atoms with van der Waals surface area (Å²) in [6.45, 7) is 1.72. The molecule has 1 aromatic heterocycles. The molecule has 0 spiro atoms. The first-order valence-electron chi connectivity index (χ1n) is 5.40. The van der Waals surface area contributed by atoms with Crippen molar-refractivity contribution in [3.8, 4) is 0 Å². The van der Waals surface area contributed by atoms with Gasteiger partial charge in [-0.1, -0.05) is 30.7 Å². The lowest BCUT2D eigenvalue weighted by Gasteiger charge is -2.20. The van der Waals surface area contributed by atoms with Crippen molar-refractivity contribution >= 4 is 11.0 Å². The molecule has 0 amide bonds. The molecule has 92 valence electrons. The van der Waals surface area contributed by atoms with Crippen LogP contribution in [0.15, 0.2) is 24.3 Å². The van der Waals surface area contributed by atoms with E-state index in [1.54, 1.807) is 31.2 Å². The van der Waals surface area contributed by atoms with Crippen LogP contribution < -0.4 is 0 Å². The van der Waals surface area contributed by atoms with Crippen molar-refractivity contribution in [2.45, 2.75) is 32.0 Å². The van der Waals surface area contributed by atoms with Gasteiger partial charge in [-0.2, -0.15) is 13.2 Å². The quantitative estimate of drug-likeness (QED) is 0.827. The monoisotopic (exact) mass is 243 g/mol. The zero-order valence-electron chi connectivity index (χ0n) is 9.28. The lowest BCUT2D eigenvalue weighted by Crippen LogP contribution is -2.27. The van der Waals surface area contributed by atoms with Gasteiger partial charge in [0.05, 0.1) is 5.52 Å². The average molecular weight is 243 g/mol. The molecule has 0 aliphatic heterocycles. The summed E-state index contributed by atoms with van der Waals surface area (Å²) in [7, 11) is 0. The van der Waals surface area contributed by atoms with Gasteiger partial charge in [-0.25, -0.2) is 4.68 Å². The van der Waals surface area contributed by atoms with E-state index < -0.39 is 12.2 Å². The second-order valence-corrected chi connectivity index (χ2v) is 3.87. The smallest absolute Gasteiger partial charge is 0.232 e. The van der Waals surface area contributed by atoms with Gasteiger partial charge in [0.2, 0.25) is 0 Å². The number of nitrogens with zero attached hydrogens (tertiary/aromatic N) is 3. The molecule has 0 aliphatic carbocycles. The van der Waals surface area contributed by atoms with Crippen LogP contribution in [0, 0.1) is 0 Å². The van der Waals surface area contributed by atoms with Gasteiger partial charge in [-0.3, -0.25) is 0 Å². The summed E-state index contributed by atoms with van der Waals surface area (Å²) in [5.74, 6) is 0. The zero-order valence-corrected chi connectivity index (χ0v) is 9.28. The fourth-order valence-corrected chi connectivity index (χ4v) is 1.82. The summed E-state index contributed by atoms with van der Waals surface area (Å²) in [6, 6.07) is 5.06. The highest BCUT2D eigenvalue weighted by atomic mass is 19.4. The number of rotatable bonds is 3. The third-order valence-electron chi connectivity index (χ3n) is 2.61. The highest BCUT2D eigenvalue weighted by Crippen LogP contribution is 2.35. The SMILES string of the molecule is CCCC(n1nnc2ccccc21)C(F)(F)F. The second-order valence-electron chi connectivity index (χ2n) is 3.87. The first-order valence-corrected chi connectivity index (χ1v) is 5.40. The van der Waals surface area contributed by atoms with Gasteiger partial charge in [0.25, 0.3) is 0 Å². The Labute approximate surface area is 96.2 Å². The topological polar surface area (TPSA) is 30.7 Å². The first-order chi connectivity index (χ1) is 8.04. The van der Waals surface area contributed by atoms with Crippen LogP contribution in [0.1, 0.15) is 25.8 Å². The molecule has 1 heterocycles. The standard InChI is InChI=1S/C11H12F3N3/c1-2-5-10(11(12,13)14)17-9-7-4-3-6-8(9)15-16-17/h3-4,6-7,10H,2,5H2,1H3. The molecule has 6 heteroatoms. The maximum absolute atomic E-state index is 12.9. The number of halogens is 3. The molecule has 0 bridgehead atoms. The molecule has 0 saturated carbocycles. The van der Waals surface area contributed by atoms with Crippen LogP contribution in [0.3, 0.4) is 0 Å². The largest absolute Gasteiger partial charge is 0.410 e. The van der Waals surface area contributed by atoms with E-state index in [0.29, 0.717) is 17.5 Å². The van der Waals surface area contributed by atoms with Crippen LogP contribution in [0.2, 0.25) is 0 Å². The Morgan fingerprint density at radius 2 is 2.00 bits per heavy atom. The summed E-state index contributed by atoms with van der Waals surface area (Å²) >= 11 is 0. The third-order valence-corrected chi connectivity index (χ3v) is 2.61. The normalized spacial score (nSPS) is 14.1. The number of aromatic nitrogens is 3. The summed E-state index contributed by atoms with van der Waals surface area (Å²) < 4.78 is 39.7. The van der Waals surface area contributed by atoms with Gasteiger partial charge in [-0.05, 0) is 18.6 Å². The summed E-state index contributed by atoms with van der Waals surface area (Å²) in [6.07, 6.45) is -3.85. The fraction of sp³-hybridized carbons (Fsp3) is 0.455. The maximum atomic E-state index is 12.9. The maximum Gasteiger partial charge on any atom is 0.410 e. The lowest BCUT2D eigenvalue weighted by molar-refractivity contribution is -0.171. The molecule has 1 aromatic carbocycles. The number of alkyl halides is 3. The minimum Gasteiger partial charge on any atom is -0.232 e. The van der Waals surface area contributed by atoms with Crippen molar-refractivity contribution in [2.24, 2.45) is 0 Å². The van der Waals surface area contributed by atoms with Crippen LogP contribution >= 0.6 is 0 Å². The van der Waals surface area contributed by atoms with E-state index in [9.17, 15) is 13.2 Å². The number of hydrogen-bond acceptors (Lipinski definition) is 2. The molecule has 1 unspecified atom stereocenters.